The first-order chi connectivity index (χ1) is 16.4. The van der Waals surface area contributed by atoms with Gasteiger partial charge in [0.1, 0.15) is 23.0 Å². The number of nitrogens with zero attached hydrogens (tertiary/aromatic N) is 1. The Morgan fingerprint density at radius 3 is 1.60 bits per heavy atom. The topological polar surface area (TPSA) is 159 Å². The fourth-order valence-electron chi connectivity index (χ4n) is 5.31. The number of hydrogen-bond acceptors (Lipinski definition) is 7. The molecule has 3 aromatic rings. The van der Waals surface area contributed by atoms with E-state index in [1.54, 1.807) is 0 Å². The molecule has 7 N–H and O–H groups in total. The van der Waals surface area contributed by atoms with Crippen LogP contribution in [0.5, 0.6) is 34.5 Å². The number of aromatic hydroxyl groups is 6. The molecule has 3 aromatic carbocycles. The third kappa shape index (κ3) is 3.38. The molecule has 9 nitrogen and oxygen atoms in total. The highest BCUT2D eigenvalue weighted by atomic mass is 16.4. The molecule has 184 valence electrons. The Labute approximate surface area is 201 Å². The van der Waals surface area contributed by atoms with Crippen molar-refractivity contribution in [1.82, 2.24) is 4.48 Å². The minimum absolute atomic E-state index is 0.108. The van der Waals surface area contributed by atoms with Crippen LogP contribution in [0.1, 0.15) is 34.6 Å². The van der Waals surface area contributed by atoms with E-state index in [1.165, 1.54) is 57.2 Å². The first-order valence-corrected chi connectivity index (χ1v) is 11.1. The summed E-state index contributed by atoms with van der Waals surface area (Å²) in [6.45, 7) is 4.61. The molecule has 1 saturated heterocycles. The van der Waals surface area contributed by atoms with Crippen molar-refractivity contribution in [2.45, 2.75) is 39.2 Å². The molecule has 0 radical (unpaired) electrons. The van der Waals surface area contributed by atoms with Crippen LogP contribution in [-0.4, -0.2) is 54.3 Å². The molecule has 2 atom stereocenters. The van der Waals surface area contributed by atoms with Gasteiger partial charge >= 0.3 is 5.97 Å². The molecule has 35 heavy (non-hydrogen) atoms. The predicted molar refractivity (Wildman–Crippen MR) is 129 cm³/mol. The number of aliphatic carboxylic acids is 1. The van der Waals surface area contributed by atoms with Crippen LogP contribution in [0.25, 0.3) is 0 Å². The molecule has 0 aromatic heterocycles. The number of quaternary nitrogens is 1. The predicted octanol–water partition coefficient (Wildman–Crippen LogP) is 4.13. The molecule has 0 spiro atoms. The van der Waals surface area contributed by atoms with Crippen LogP contribution in [0.3, 0.4) is 0 Å². The lowest BCUT2D eigenvalue weighted by Gasteiger charge is -2.39. The molecule has 1 unspecified atom stereocenters. The van der Waals surface area contributed by atoms with E-state index in [2.05, 4.69) is 0 Å². The molecule has 0 amide bonds. The molecule has 9 heteroatoms. The number of hydrogen-bond donors (Lipinski definition) is 7. The first-order valence-electron chi connectivity index (χ1n) is 11.1. The zero-order valence-corrected chi connectivity index (χ0v) is 19.5. The van der Waals surface area contributed by atoms with E-state index in [0.717, 1.165) is 0 Å². The second-order valence-electron chi connectivity index (χ2n) is 9.07. The molecule has 0 saturated carbocycles. The third-order valence-electron chi connectivity index (χ3n) is 7.36. The van der Waals surface area contributed by atoms with Crippen molar-refractivity contribution in [1.29, 1.82) is 0 Å². The zero-order valence-electron chi connectivity index (χ0n) is 19.5. The summed E-state index contributed by atoms with van der Waals surface area (Å²) in [4.78, 5) is 12.9. The zero-order chi connectivity index (χ0) is 25.8. The van der Waals surface area contributed by atoms with Crippen molar-refractivity contribution in [3.8, 4) is 34.5 Å². The highest BCUT2D eigenvalue weighted by Crippen LogP contribution is 2.57. The normalized spacial score (nSPS) is 19.1. The highest BCUT2D eigenvalue weighted by molar-refractivity contribution is 5.86. The van der Waals surface area contributed by atoms with E-state index in [0.29, 0.717) is 5.56 Å². The lowest BCUT2D eigenvalue weighted by atomic mass is 9.88. The summed E-state index contributed by atoms with van der Waals surface area (Å²) in [7, 11) is 0. The van der Waals surface area contributed by atoms with E-state index in [1.807, 2.05) is 0 Å². The number of carboxylic acid groups (broad SMARTS) is 1. The summed E-state index contributed by atoms with van der Waals surface area (Å²) >= 11 is 0. The summed E-state index contributed by atoms with van der Waals surface area (Å²) in [5.41, 5.74) is 1.11. The van der Waals surface area contributed by atoms with Crippen LogP contribution >= 0.6 is 0 Å². The van der Waals surface area contributed by atoms with Gasteiger partial charge in [-0.15, -0.1) is 0 Å². The van der Waals surface area contributed by atoms with Gasteiger partial charge in [-0.05, 0) is 39.0 Å². The minimum atomic E-state index is -1.32. The van der Waals surface area contributed by atoms with E-state index >= 15 is 0 Å². The Morgan fingerprint density at radius 2 is 1.14 bits per heavy atom. The van der Waals surface area contributed by atoms with Crippen LogP contribution in [-0.2, 0) is 4.79 Å². The van der Waals surface area contributed by atoms with Crippen molar-refractivity contribution >= 4 is 17.3 Å². The standard InChI is InChI=1S/C26H27NO8/c1-12-19(28)7-4-16(23(12)31)15-10-11-27(22(15)26(34)35,17-5-8-20(29)13(2)24(17)32)18-6-9-21(30)14(3)25(18)33/h4-9,15,22H,10-11H2,1-3H3,(H6-,28,29,30,31,32,33,34,35)/p+1/t15?,22-/m0/s1. The maximum absolute atomic E-state index is 12.9. The third-order valence-corrected chi connectivity index (χ3v) is 7.36. The molecule has 1 fully saturated rings. The van der Waals surface area contributed by atoms with Crippen LogP contribution in [0.4, 0.5) is 11.4 Å². The molecule has 1 aliphatic heterocycles. The van der Waals surface area contributed by atoms with Gasteiger partial charge in [-0.25, -0.2) is 9.28 Å². The molecule has 0 aliphatic carbocycles. The SMILES string of the molecule is Cc1c(O)ccc(C2CC[N+](c3ccc(O)c(C)c3O)(c3ccc(O)c(C)c3O)[C@@H]2C(=O)O)c1O. The lowest BCUT2D eigenvalue weighted by molar-refractivity contribution is -0.141. The summed E-state index contributed by atoms with van der Waals surface area (Å²) in [5.74, 6) is -3.37. The minimum Gasteiger partial charge on any atom is -0.508 e. The highest BCUT2D eigenvalue weighted by Gasteiger charge is 2.59. The van der Waals surface area contributed by atoms with Crippen LogP contribution in [0.2, 0.25) is 0 Å². The molecule has 1 aliphatic rings. The Balaban J connectivity index is 2.08. The second-order valence-corrected chi connectivity index (χ2v) is 9.07. The van der Waals surface area contributed by atoms with Gasteiger partial charge in [0, 0.05) is 40.8 Å². The van der Waals surface area contributed by atoms with Crippen molar-refractivity contribution in [2.24, 2.45) is 0 Å². The maximum Gasteiger partial charge on any atom is 0.364 e. The maximum atomic E-state index is 12.9. The quantitative estimate of drug-likeness (QED) is 0.274. The van der Waals surface area contributed by atoms with Gasteiger partial charge in [0.15, 0.2) is 22.9 Å². The van der Waals surface area contributed by atoms with Gasteiger partial charge in [0.25, 0.3) is 0 Å². The van der Waals surface area contributed by atoms with E-state index in [-0.39, 0.29) is 75.5 Å². The fraction of sp³-hybridized carbons (Fsp3) is 0.269. The van der Waals surface area contributed by atoms with Crippen LogP contribution < -0.4 is 4.48 Å². The van der Waals surface area contributed by atoms with Crippen molar-refractivity contribution < 1.29 is 40.5 Å². The fourth-order valence-corrected chi connectivity index (χ4v) is 5.31. The Hall–Kier alpha value is -4.11. The number of carboxylic acids is 1. The second kappa shape index (κ2) is 8.28. The Morgan fingerprint density at radius 1 is 0.714 bits per heavy atom. The summed E-state index contributed by atoms with van der Waals surface area (Å²) in [5, 5.41) is 73.8. The van der Waals surface area contributed by atoms with Gasteiger partial charge in [-0.1, -0.05) is 6.07 Å². The molecular weight excluding hydrogens is 454 g/mol. The average molecular weight is 483 g/mol. The number of rotatable bonds is 4. The van der Waals surface area contributed by atoms with Crippen molar-refractivity contribution in [3.63, 3.8) is 0 Å². The number of phenols is 6. The van der Waals surface area contributed by atoms with Gasteiger partial charge in [-0.2, -0.15) is 0 Å². The summed E-state index contributed by atoms with van der Waals surface area (Å²) in [6.07, 6.45) is 0.244. The van der Waals surface area contributed by atoms with Crippen LogP contribution in [0, 0.1) is 20.8 Å². The van der Waals surface area contributed by atoms with Gasteiger partial charge in [0.05, 0.1) is 12.5 Å². The average Bonchev–Trinajstić information content (AvgIpc) is 3.20. The van der Waals surface area contributed by atoms with Gasteiger partial charge in [0.2, 0.25) is 6.04 Å². The summed E-state index contributed by atoms with van der Waals surface area (Å²) in [6, 6.07) is 7.07. The van der Waals surface area contributed by atoms with Gasteiger partial charge < -0.3 is 35.7 Å². The Kier molecular flexibility index (Phi) is 5.68. The smallest absolute Gasteiger partial charge is 0.364 e. The van der Waals surface area contributed by atoms with Gasteiger partial charge in [-0.3, -0.25) is 0 Å². The largest absolute Gasteiger partial charge is 0.508 e. The van der Waals surface area contributed by atoms with Crippen LogP contribution in [0.15, 0.2) is 36.4 Å². The monoisotopic (exact) mass is 482 g/mol. The van der Waals surface area contributed by atoms with Crippen molar-refractivity contribution in [3.05, 3.63) is 58.7 Å². The summed E-state index contributed by atoms with van der Waals surface area (Å²) < 4.78 is -0.529. The van der Waals surface area contributed by atoms with E-state index < -0.39 is 22.4 Å². The Bertz CT molecular complexity index is 1290. The molecule has 4 rings (SSSR count). The lowest BCUT2D eigenvalue weighted by Crippen LogP contribution is -2.54. The first kappa shape index (κ1) is 24.0. The molecule has 1 heterocycles. The van der Waals surface area contributed by atoms with Crippen molar-refractivity contribution in [2.75, 3.05) is 6.54 Å². The number of phenolic OH excluding ortho intramolecular Hbond substituents is 6. The molecular formula is C26H28NO8+. The van der Waals surface area contributed by atoms with E-state index in [4.69, 9.17) is 0 Å². The van der Waals surface area contributed by atoms with E-state index in [9.17, 15) is 40.5 Å². The number of carbonyl (C=O) groups is 1. The molecule has 0 bridgehead atoms. The number of benzene rings is 3.